The number of allylic oxidation sites excluding steroid dienone is 1. The highest BCUT2D eigenvalue weighted by molar-refractivity contribution is 5.84. The summed E-state index contributed by atoms with van der Waals surface area (Å²) >= 11 is 0. The smallest absolute Gasteiger partial charge is 0.336 e. The van der Waals surface area contributed by atoms with Gasteiger partial charge >= 0.3 is 5.63 Å². The highest BCUT2D eigenvalue weighted by atomic mass is 16.5. The molecule has 0 bridgehead atoms. The van der Waals surface area contributed by atoms with E-state index in [1.807, 2.05) is 45.9 Å². The largest absolute Gasteiger partial charge is 0.489 e. The van der Waals surface area contributed by atoms with Gasteiger partial charge in [0, 0.05) is 17.0 Å². The topological polar surface area (TPSA) is 39.4 Å². The molecule has 2 rings (SSSR count). The minimum atomic E-state index is -0.324. The molecule has 1 heterocycles. The van der Waals surface area contributed by atoms with Crippen LogP contribution in [0.2, 0.25) is 0 Å². The van der Waals surface area contributed by atoms with Crippen LogP contribution >= 0.6 is 0 Å². The summed E-state index contributed by atoms with van der Waals surface area (Å²) < 4.78 is 11.0. The van der Waals surface area contributed by atoms with E-state index in [0.29, 0.717) is 12.2 Å². The van der Waals surface area contributed by atoms with E-state index in [1.165, 1.54) is 11.6 Å². The van der Waals surface area contributed by atoms with Crippen LogP contribution in [0.5, 0.6) is 5.75 Å². The minimum absolute atomic E-state index is 0.324. The van der Waals surface area contributed by atoms with Gasteiger partial charge in [-0.3, -0.25) is 0 Å². The summed E-state index contributed by atoms with van der Waals surface area (Å²) in [6, 6.07) is 5.35. The first-order valence-corrected chi connectivity index (χ1v) is 6.29. The van der Waals surface area contributed by atoms with Gasteiger partial charge in [-0.05, 0) is 51.5 Å². The van der Waals surface area contributed by atoms with Gasteiger partial charge in [0.15, 0.2) is 0 Å². The van der Waals surface area contributed by atoms with Crippen molar-refractivity contribution < 1.29 is 9.15 Å². The molecule has 0 spiro atoms. The third-order valence-electron chi connectivity index (χ3n) is 3.05. The molecule has 0 N–H and O–H groups in total. The van der Waals surface area contributed by atoms with Crippen molar-refractivity contribution in [2.24, 2.45) is 0 Å². The first-order chi connectivity index (χ1) is 8.99. The molecule has 3 nitrogen and oxygen atoms in total. The second kappa shape index (κ2) is 5.31. The van der Waals surface area contributed by atoms with Gasteiger partial charge in [0.05, 0.1) is 0 Å². The number of rotatable bonds is 3. The fourth-order valence-electron chi connectivity index (χ4n) is 1.95. The minimum Gasteiger partial charge on any atom is -0.489 e. The molecule has 3 heteroatoms. The molecule has 0 unspecified atom stereocenters. The van der Waals surface area contributed by atoms with Gasteiger partial charge in [0.1, 0.15) is 17.9 Å². The van der Waals surface area contributed by atoms with Crippen molar-refractivity contribution in [3.63, 3.8) is 0 Å². The summed E-state index contributed by atoms with van der Waals surface area (Å²) in [5.41, 5.74) is 3.28. The molecule has 100 valence electrons. The van der Waals surface area contributed by atoms with Crippen LogP contribution in [0.4, 0.5) is 0 Å². The Labute approximate surface area is 112 Å². The van der Waals surface area contributed by atoms with Crippen LogP contribution in [-0.2, 0) is 0 Å². The zero-order valence-corrected chi connectivity index (χ0v) is 11.7. The Morgan fingerprint density at radius 2 is 2.05 bits per heavy atom. The van der Waals surface area contributed by atoms with E-state index in [-0.39, 0.29) is 5.63 Å². The summed E-state index contributed by atoms with van der Waals surface area (Å²) in [6.45, 7) is 8.38. The SMILES string of the molecule is CC(C)=CCOc1ccc2c(C)cc(=O)oc2c1C. The van der Waals surface area contributed by atoms with Crippen LogP contribution < -0.4 is 10.4 Å². The van der Waals surface area contributed by atoms with E-state index in [1.54, 1.807) is 0 Å². The van der Waals surface area contributed by atoms with Crippen molar-refractivity contribution >= 4 is 11.0 Å². The summed E-state index contributed by atoms with van der Waals surface area (Å²) in [5, 5.41) is 0.951. The third kappa shape index (κ3) is 2.87. The average molecular weight is 258 g/mol. The lowest BCUT2D eigenvalue weighted by Crippen LogP contribution is -2.01. The molecule has 2 aromatic rings. The van der Waals surface area contributed by atoms with E-state index in [9.17, 15) is 4.79 Å². The Balaban J connectivity index is 2.45. The summed E-state index contributed by atoms with van der Waals surface area (Å²) in [5.74, 6) is 0.749. The van der Waals surface area contributed by atoms with E-state index in [4.69, 9.17) is 9.15 Å². The average Bonchev–Trinajstić information content (AvgIpc) is 2.32. The van der Waals surface area contributed by atoms with Crippen molar-refractivity contribution in [2.75, 3.05) is 6.61 Å². The van der Waals surface area contributed by atoms with Gasteiger partial charge < -0.3 is 9.15 Å². The Kier molecular flexibility index (Phi) is 3.74. The van der Waals surface area contributed by atoms with E-state index in [0.717, 1.165) is 22.3 Å². The van der Waals surface area contributed by atoms with Crippen LogP contribution in [-0.4, -0.2) is 6.61 Å². The molecule has 0 amide bonds. The highest BCUT2D eigenvalue weighted by Gasteiger charge is 2.09. The van der Waals surface area contributed by atoms with Crippen molar-refractivity contribution in [3.05, 3.63) is 51.4 Å². The molecule has 1 aromatic heterocycles. The molecule has 0 aliphatic heterocycles. The van der Waals surface area contributed by atoms with Gasteiger partial charge in [-0.15, -0.1) is 0 Å². The van der Waals surface area contributed by atoms with E-state index < -0.39 is 0 Å². The predicted octanol–water partition coefficient (Wildman–Crippen LogP) is 3.75. The zero-order valence-electron chi connectivity index (χ0n) is 11.7. The molecule has 0 saturated heterocycles. The number of fused-ring (bicyclic) bond motifs is 1. The maximum absolute atomic E-state index is 11.5. The number of aryl methyl sites for hydroxylation is 2. The number of ether oxygens (including phenoxy) is 1. The van der Waals surface area contributed by atoms with Gasteiger partial charge in [0.25, 0.3) is 0 Å². The van der Waals surface area contributed by atoms with Crippen LogP contribution in [0.1, 0.15) is 25.0 Å². The van der Waals surface area contributed by atoms with Crippen LogP contribution in [0.25, 0.3) is 11.0 Å². The summed E-state index contributed by atoms with van der Waals surface area (Å²) in [7, 11) is 0. The Morgan fingerprint density at radius 3 is 2.74 bits per heavy atom. The predicted molar refractivity (Wildman–Crippen MR) is 76.9 cm³/mol. The zero-order chi connectivity index (χ0) is 14.0. The molecule has 0 aliphatic carbocycles. The lowest BCUT2D eigenvalue weighted by molar-refractivity contribution is 0.359. The lowest BCUT2D eigenvalue weighted by atomic mass is 10.1. The highest BCUT2D eigenvalue weighted by Crippen LogP contribution is 2.28. The Morgan fingerprint density at radius 1 is 1.32 bits per heavy atom. The van der Waals surface area contributed by atoms with Crippen molar-refractivity contribution in [1.82, 2.24) is 0 Å². The Hall–Kier alpha value is -2.03. The molecule has 0 fully saturated rings. The maximum atomic E-state index is 11.5. The van der Waals surface area contributed by atoms with Gasteiger partial charge in [-0.25, -0.2) is 4.79 Å². The molecule has 0 saturated carbocycles. The van der Waals surface area contributed by atoms with Crippen molar-refractivity contribution in [1.29, 1.82) is 0 Å². The first-order valence-electron chi connectivity index (χ1n) is 6.29. The van der Waals surface area contributed by atoms with E-state index >= 15 is 0 Å². The molecule has 0 aliphatic rings. The van der Waals surface area contributed by atoms with Crippen molar-refractivity contribution in [3.8, 4) is 5.75 Å². The second-order valence-electron chi connectivity index (χ2n) is 4.91. The van der Waals surface area contributed by atoms with E-state index in [2.05, 4.69) is 0 Å². The first kappa shape index (κ1) is 13.4. The Bertz CT molecular complexity index is 689. The molecular formula is C16H18O3. The van der Waals surface area contributed by atoms with Gasteiger partial charge in [-0.2, -0.15) is 0 Å². The molecule has 0 atom stereocenters. The molecule has 1 aromatic carbocycles. The third-order valence-corrected chi connectivity index (χ3v) is 3.05. The monoisotopic (exact) mass is 258 g/mol. The molecular weight excluding hydrogens is 240 g/mol. The molecule has 0 radical (unpaired) electrons. The fraction of sp³-hybridized carbons (Fsp3) is 0.312. The lowest BCUT2D eigenvalue weighted by Gasteiger charge is -2.10. The number of benzene rings is 1. The second-order valence-corrected chi connectivity index (χ2v) is 4.91. The van der Waals surface area contributed by atoms with Gasteiger partial charge in [-0.1, -0.05) is 5.57 Å². The number of hydrogen-bond acceptors (Lipinski definition) is 3. The normalized spacial score (nSPS) is 10.5. The van der Waals surface area contributed by atoms with Gasteiger partial charge in [0.2, 0.25) is 0 Å². The summed E-state index contributed by atoms with van der Waals surface area (Å²) in [4.78, 5) is 11.5. The summed E-state index contributed by atoms with van der Waals surface area (Å²) in [6.07, 6.45) is 2.01. The fourth-order valence-corrected chi connectivity index (χ4v) is 1.95. The molecule has 19 heavy (non-hydrogen) atoms. The quantitative estimate of drug-likeness (QED) is 0.621. The maximum Gasteiger partial charge on any atom is 0.336 e. The standard InChI is InChI=1S/C16H18O3/c1-10(2)7-8-18-14-6-5-13-11(3)9-15(17)19-16(13)12(14)4/h5-7,9H,8H2,1-4H3. The van der Waals surface area contributed by atoms with Crippen molar-refractivity contribution in [2.45, 2.75) is 27.7 Å². The van der Waals surface area contributed by atoms with Crippen LogP contribution in [0.15, 0.2) is 39.1 Å². The number of hydrogen-bond donors (Lipinski definition) is 0. The van der Waals surface area contributed by atoms with Crippen LogP contribution in [0, 0.1) is 13.8 Å². The van der Waals surface area contributed by atoms with Crippen LogP contribution in [0.3, 0.4) is 0 Å².